The van der Waals surface area contributed by atoms with E-state index in [1.807, 2.05) is 6.92 Å². The van der Waals surface area contributed by atoms with Gasteiger partial charge in [-0.1, -0.05) is 11.4 Å². The first-order valence-corrected chi connectivity index (χ1v) is 6.35. The van der Waals surface area contributed by atoms with Crippen LogP contribution < -0.4 is 0 Å². The van der Waals surface area contributed by atoms with E-state index in [2.05, 4.69) is 9.59 Å². The average molecular weight is 220 g/mol. The molecule has 6 heteroatoms. The standard InChI is InChI=1S/C7H12N2O2S2/c1-4-5(2)13(10,11)7-6(3)8-9-12-7/h5H,4H2,1-3H3/t5-/m1/s1. The van der Waals surface area contributed by atoms with E-state index < -0.39 is 9.84 Å². The van der Waals surface area contributed by atoms with Gasteiger partial charge in [0.05, 0.1) is 10.9 Å². The molecule has 0 spiro atoms. The van der Waals surface area contributed by atoms with Crippen LogP contribution in [-0.2, 0) is 9.84 Å². The number of hydrogen-bond donors (Lipinski definition) is 0. The molecular weight excluding hydrogens is 208 g/mol. The second kappa shape index (κ2) is 3.71. The average Bonchev–Trinajstić information content (AvgIpc) is 2.50. The van der Waals surface area contributed by atoms with Gasteiger partial charge in [0.1, 0.15) is 0 Å². The third kappa shape index (κ3) is 1.88. The van der Waals surface area contributed by atoms with Crippen LogP contribution in [-0.4, -0.2) is 23.3 Å². The zero-order valence-corrected chi connectivity index (χ0v) is 9.44. The summed E-state index contributed by atoms with van der Waals surface area (Å²) >= 11 is 0.951. The number of nitrogens with zero attached hydrogens (tertiary/aromatic N) is 2. The Morgan fingerprint density at radius 2 is 2.15 bits per heavy atom. The molecule has 0 amide bonds. The summed E-state index contributed by atoms with van der Waals surface area (Å²) in [5, 5.41) is 3.34. The summed E-state index contributed by atoms with van der Waals surface area (Å²) in [6.07, 6.45) is 0.611. The lowest BCUT2D eigenvalue weighted by Crippen LogP contribution is -2.16. The molecule has 0 unspecified atom stereocenters. The molecule has 4 nitrogen and oxygen atoms in total. The first-order chi connectivity index (χ1) is 6.00. The number of hydrogen-bond acceptors (Lipinski definition) is 5. The van der Waals surface area contributed by atoms with Crippen molar-refractivity contribution in [3.63, 3.8) is 0 Å². The SMILES string of the molecule is CC[C@@H](C)S(=O)(=O)c1snnc1C. The molecule has 0 fully saturated rings. The van der Waals surface area contributed by atoms with E-state index in [-0.39, 0.29) is 5.25 Å². The summed E-state index contributed by atoms with van der Waals surface area (Å²) in [6.45, 7) is 5.22. The fraction of sp³-hybridized carbons (Fsp3) is 0.714. The maximum Gasteiger partial charge on any atom is 0.193 e. The molecule has 1 atom stereocenters. The molecule has 0 aliphatic heterocycles. The van der Waals surface area contributed by atoms with Gasteiger partial charge in [-0.2, -0.15) is 0 Å². The van der Waals surface area contributed by atoms with Crippen LogP contribution in [0.3, 0.4) is 0 Å². The molecule has 0 aromatic carbocycles. The topological polar surface area (TPSA) is 59.9 Å². The van der Waals surface area contributed by atoms with Gasteiger partial charge in [0.2, 0.25) is 0 Å². The van der Waals surface area contributed by atoms with Crippen LogP contribution in [0.15, 0.2) is 4.21 Å². The summed E-state index contributed by atoms with van der Waals surface area (Å²) in [6, 6.07) is 0. The highest BCUT2D eigenvalue weighted by atomic mass is 32.2. The van der Waals surface area contributed by atoms with Crippen LogP contribution in [0, 0.1) is 6.92 Å². The molecule has 0 saturated carbocycles. The molecule has 1 aromatic rings. The van der Waals surface area contributed by atoms with E-state index in [1.165, 1.54) is 0 Å². The minimum absolute atomic E-state index is 0.307. The Labute approximate surface area is 82.1 Å². The van der Waals surface area contributed by atoms with Crippen molar-refractivity contribution in [2.45, 2.75) is 36.7 Å². The van der Waals surface area contributed by atoms with Crippen molar-refractivity contribution in [1.29, 1.82) is 0 Å². The van der Waals surface area contributed by atoms with E-state index in [4.69, 9.17) is 0 Å². The normalized spacial score (nSPS) is 14.4. The predicted molar refractivity (Wildman–Crippen MR) is 51.6 cm³/mol. The zero-order chi connectivity index (χ0) is 10.1. The minimum Gasteiger partial charge on any atom is -0.222 e. The van der Waals surface area contributed by atoms with E-state index in [0.29, 0.717) is 16.3 Å². The second-order valence-corrected chi connectivity index (χ2v) is 6.23. The highest BCUT2D eigenvalue weighted by molar-refractivity contribution is 7.94. The molecule has 74 valence electrons. The fourth-order valence-corrected chi connectivity index (χ4v) is 3.56. The Kier molecular flexibility index (Phi) is 3.02. The Morgan fingerprint density at radius 3 is 2.54 bits per heavy atom. The second-order valence-electron chi connectivity index (χ2n) is 2.91. The lowest BCUT2D eigenvalue weighted by atomic mass is 10.4. The highest BCUT2D eigenvalue weighted by Crippen LogP contribution is 2.23. The van der Waals surface area contributed by atoms with Crippen molar-refractivity contribution >= 4 is 21.4 Å². The van der Waals surface area contributed by atoms with E-state index in [1.54, 1.807) is 13.8 Å². The van der Waals surface area contributed by atoms with Crippen molar-refractivity contribution in [1.82, 2.24) is 9.59 Å². The first kappa shape index (κ1) is 10.6. The molecule has 1 aromatic heterocycles. The zero-order valence-electron chi connectivity index (χ0n) is 7.81. The molecule has 13 heavy (non-hydrogen) atoms. The summed E-state index contributed by atoms with van der Waals surface area (Å²) in [7, 11) is -3.18. The van der Waals surface area contributed by atoms with Gasteiger partial charge in [0.15, 0.2) is 14.0 Å². The van der Waals surface area contributed by atoms with Crippen molar-refractivity contribution < 1.29 is 8.42 Å². The maximum atomic E-state index is 11.8. The lowest BCUT2D eigenvalue weighted by molar-refractivity contribution is 0.582. The Hall–Kier alpha value is -0.490. The monoisotopic (exact) mass is 220 g/mol. The molecule has 1 heterocycles. The van der Waals surface area contributed by atoms with Crippen LogP contribution in [0.4, 0.5) is 0 Å². The molecule has 0 aliphatic rings. The van der Waals surface area contributed by atoms with E-state index in [0.717, 1.165) is 11.5 Å². The molecular formula is C7H12N2O2S2. The number of rotatable bonds is 3. The largest absolute Gasteiger partial charge is 0.222 e. The summed E-state index contributed by atoms with van der Waals surface area (Å²) < 4.78 is 27.5. The minimum atomic E-state index is -3.18. The smallest absolute Gasteiger partial charge is 0.193 e. The Balaban J connectivity index is 3.16. The van der Waals surface area contributed by atoms with Crippen LogP contribution in [0.25, 0.3) is 0 Å². The van der Waals surface area contributed by atoms with Gasteiger partial charge in [0, 0.05) is 11.5 Å². The van der Waals surface area contributed by atoms with E-state index >= 15 is 0 Å². The molecule has 1 rings (SSSR count). The molecule has 0 radical (unpaired) electrons. The van der Waals surface area contributed by atoms with Gasteiger partial charge < -0.3 is 0 Å². The fourth-order valence-electron chi connectivity index (χ4n) is 0.886. The van der Waals surface area contributed by atoms with Crippen molar-refractivity contribution in [2.75, 3.05) is 0 Å². The molecule has 0 aliphatic carbocycles. The Morgan fingerprint density at radius 1 is 1.54 bits per heavy atom. The highest BCUT2D eigenvalue weighted by Gasteiger charge is 2.26. The van der Waals surface area contributed by atoms with Gasteiger partial charge in [-0.3, -0.25) is 0 Å². The molecule has 0 bridgehead atoms. The number of sulfone groups is 1. The summed E-state index contributed by atoms with van der Waals surface area (Å²) in [5.74, 6) is 0. The van der Waals surface area contributed by atoms with Crippen LogP contribution >= 0.6 is 11.5 Å². The van der Waals surface area contributed by atoms with Crippen molar-refractivity contribution in [3.8, 4) is 0 Å². The maximum absolute atomic E-state index is 11.8. The third-order valence-electron chi connectivity index (χ3n) is 1.97. The van der Waals surface area contributed by atoms with Gasteiger partial charge in [-0.25, -0.2) is 8.42 Å². The Bertz CT molecular complexity index is 383. The number of aryl methyl sites for hydroxylation is 1. The van der Waals surface area contributed by atoms with Gasteiger partial charge in [-0.05, 0) is 20.3 Å². The van der Waals surface area contributed by atoms with Gasteiger partial charge >= 0.3 is 0 Å². The van der Waals surface area contributed by atoms with E-state index in [9.17, 15) is 8.42 Å². The van der Waals surface area contributed by atoms with Crippen LogP contribution in [0.2, 0.25) is 0 Å². The summed E-state index contributed by atoms with van der Waals surface area (Å²) in [4.78, 5) is 0. The molecule has 0 saturated heterocycles. The third-order valence-corrected chi connectivity index (χ3v) is 5.72. The van der Waals surface area contributed by atoms with Crippen molar-refractivity contribution in [2.24, 2.45) is 0 Å². The van der Waals surface area contributed by atoms with Crippen molar-refractivity contribution in [3.05, 3.63) is 5.69 Å². The lowest BCUT2D eigenvalue weighted by Gasteiger charge is -2.07. The van der Waals surface area contributed by atoms with Crippen LogP contribution in [0.5, 0.6) is 0 Å². The molecule has 0 N–H and O–H groups in total. The summed E-state index contributed by atoms with van der Waals surface area (Å²) in [5.41, 5.74) is 0.505. The van der Waals surface area contributed by atoms with Gasteiger partial charge in [0.25, 0.3) is 0 Å². The predicted octanol–water partition coefficient (Wildman–Crippen LogP) is 1.42. The number of aromatic nitrogens is 2. The first-order valence-electron chi connectivity index (χ1n) is 4.03. The van der Waals surface area contributed by atoms with Gasteiger partial charge in [-0.15, -0.1) is 5.10 Å². The quantitative estimate of drug-likeness (QED) is 0.773. The van der Waals surface area contributed by atoms with Crippen LogP contribution in [0.1, 0.15) is 26.0 Å².